The number of pyridine rings is 1. The van der Waals surface area contributed by atoms with E-state index in [4.69, 9.17) is 11.0 Å². The van der Waals surface area contributed by atoms with Crippen LogP contribution in [0.1, 0.15) is 5.69 Å². The van der Waals surface area contributed by atoms with Gasteiger partial charge < -0.3 is 5.73 Å². The average molecular weight is 143 g/mol. The Hall–Kier alpha value is -2.00. The van der Waals surface area contributed by atoms with Crippen molar-refractivity contribution in [3.05, 3.63) is 24.0 Å². The van der Waals surface area contributed by atoms with Crippen molar-refractivity contribution in [3.8, 4) is 17.9 Å². The van der Waals surface area contributed by atoms with E-state index in [-0.39, 0.29) is 0 Å². The highest BCUT2D eigenvalue weighted by molar-refractivity contribution is 5.52. The summed E-state index contributed by atoms with van der Waals surface area (Å²) in [6, 6.07) is 5.09. The van der Waals surface area contributed by atoms with Crippen LogP contribution >= 0.6 is 0 Å². The quantitative estimate of drug-likeness (QED) is 0.539. The second-order valence-electron chi connectivity index (χ2n) is 1.80. The van der Waals surface area contributed by atoms with Gasteiger partial charge in [-0.2, -0.15) is 5.26 Å². The molecule has 0 fully saturated rings. The van der Waals surface area contributed by atoms with E-state index in [1.807, 2.05) is 0 Å². The molecule has 0 unspecified atom stereocenters. The molecule has 1 aromatic rings. The van der Waals surface area contributed by atoms with Gasteiger partial charge >= 0.3 is 0 Å². The van der Waals surface area contributed by atoms with E-state index < -0.39 is 0 Å². The van der Waals surface area contributed by atoms with Crippen molar-refractivity contribution >= 4 is 5.69 Å². The van der Waals surface area contributed by atoms with Crippen molar-refractivity contribution in [2.75, 3.05) is 5.73 Å². The molecule has 0 spiro atoms. The fraction of sp³-hybridized carbons (Fsp3) is 0. The summed E-state index contributed by atoms with van der Waals surface area (Å²) in [5.41, 5.74) is 6.44. The highest BCUT2D eigenvalue weighted by Crippen LogP contribution is 2.03. The van der Waals surface area contributed by atoms with Crippen molar-refractivity contribution in [1.29, 1.82) is 5.26 Å². The lowest BCUT2D eigenvalue weighted by Gasteiger charge is -1.92. The third kappa shape index (κ3) is 1.70. The Morgan fingerprint density at radius 1 is 1.55 bits per heavy atom. The van der Waals surface area contributed by atoms with Crippen molar-refractivity contribution in [2.45, 2.75) is 0 Å². The predicted molar refractivity (Wildman–Crippen MR) is 41.1 cm³/mol. The van der Waals surface area contributed by atoms with Gasteiger partial charge in [-0.15, -0.1) is 0 Å². The molecule has 0 saturated heterocycles. The average Bonchev–Trinajstić information content (AvgIpc) is 2.03. The van der Waals surface area contributed by atoms with E-state index >= 15 is 0 Å². The van der Waals surface area contributed by atoms with Crippen molar-refractivity contribution in [3.63, 3.8) is 0 Å². The Labute approximate surface area is 64.5 Å². The Morgan fingerprint density at radius 3 is 3.00 bits per heavy atom. The molecule has 0 amide bonds. The van der Waals surface area contributed by atoms with Crippen LogP contribution in [0, 0.1) is 23.2 Å². The summed E-state index contributed by atoms with van der Waals surface area (Å²) in [5, 5.41) is 8.13. The molecule has 0 atom stereocenters. The topological polar surface area (TPSA) is 62.7 Å². The Balaban J connectivity index is 3.07. The first-order chi connectivity index (χ1) is 5.34. The van der Waals surface area contributed by atoms with Gasteiger partial charge in [-0.3, -0.25) is 0 Å². The smallest absolute Gasteiger partial charge is 0.152 e. The van der Waals surface area contributed by atoms with Crippen LogP contribution in [-0.2, 0) is 0 Å². The van der Waals surface area contributed by atoms with Gasteiger partial charge in [-0.05, 0) is 18.1 Å². The van der Waals surface area contributed by atoms with Crippen LogP contribution in [0.3, 0.4) is 0 Å². The molecule has 52 valence electrons. The molecule has 0 saturated carbocycles. The molecule has 1 rings (SSSR count). The third-order valence-corrected chi connectivity index (χ3v) is 1.08. The number of aromatic nitrogens is 1. The van der Waals surface area contributed by atoms with Crippen LogP contribution in [-0.4, -0.2) is 4.98 Å². The van der Waals surface area contributed by atoms with Gasteiger partial charge in [0.25, 0.3) is 0 Å². The SMILES string of the molecule is N#CC#Cc1ncccc1N. The van der Waals surface area contributed by atoms with Crippen LogP contribution in [0.2, 0.25) is 0 Å². The number of hydrogen-bond donors (Lipinski definition) is 1. The summed E-state index contributed by atoms with van der Waals surface area (Å²) in [4.78, 5) is 3.87. The molecule has 11 heavy (non-hydrogen) atoms. The van der Waals surface area contributed by atoms with Crippen LogP contribution in [0.5, 0.6) is 0 Å². The molecule has 0 aliphatic heterocycles. The minimum Gasteiger partial charge on any atom is -0.396 e. The van der Waals surface area contributed by atoms with Gasteiger partial charge in [-0.25, -0.2) is 4.98 Å². The summed E-state index contributed by atoms with van der Waals surface area (Å²) < 4.78 is 0. The Bertz CT molecular complexity index is 352. The zero-order chi connectivity index (χ0) is 8.10. The van der Waals surface area contributed by atoms with Crippen LogP contribution in [0.4, 0.5) is 5.69 Å². The van der Waals surface area contributed by atoms with E-state index in [2.05, 4.69) is 16.8 Å². The molecular formula is C8H5N3. The van der Waals surface area contributed by atoms with Crippen molar-refractivity contribution < 1.29 is 0 Å². The molecule has 3 nitrogen and oxygen atoms in total. The first-order valence-corrected chi connectivity index (χ1v) is 2.95. The molecule has 2 N–H and O–H groups in total. The van der Waals surface area contributed by atoms with E-state index in [9.17, 15) is 0 Å². The second kappa shape index (κ2) is 3.24. The van der Waals surface area contributed by atoms with Gasteiger partial charge in [0.05, 0.1) is 5.69 Å². The first kappa shape index (κ1) is 7.11. The fourth-order valence-corrected chi connectivity index (χ4v) is 0.609. The molecule has 0 bridgehead atoms. The number of nitrogens with zero attached hydrogens (tertiary/aromatic N) is 2. The van der Waals surface area contributed by atoms with E-state index in [0.717, 1.165) is 0 Å². The molecule has 0 aromatic carbocycles. The molecule has 0 aliphatic carbocycles. The minimum absolute atomic E-state index is 0.453. The second-order valence-corrected chi connectivity index (χ2v) is 1.80. The summed E-state index contributed by atoms with van der Waals surface area (Å²) in [7, 11) is 0. The number of nitrogen functional groups attached to an aromatic ring is 1. The number of anilines is 1. The van der Waals surface area contributed by atoms with Gasteiger partial charge in [0.15, 0.2) is 6.07 Å². The van der Waals surface area contributed by atoms with Gasteiger partial charge in [-0.1, -0.05) is 0 Å². The summed E-state index contributed by atoms with van der Waals surface area (Å²) in [6.07, 6.45) is 1.58. The van der Waals surface area contributed by atoms with Gasteiger partial charge in [0.1, 0.15) is 5.69 Å². The monoisotopic (exact) mass is 143 g/mol. The Morgan fingerprint density at radius 2 is 2.36 bits per heavy atom. The lowest BCUT2D eigenvalue weighted by Crippen LogP contribution is -1.91. The largest absolute Gasteiger partial charge is 0.396 e. The van der Waals surface area contributed by atoms with Crippen molar-refractivity contribution in [2.24, 2.45) is 0 Å². The maximum absolute atomic E-state index is 8.13. The standard InChI is InChI=1S/C8H5N3/c9-5-1-4-8-7(10)3-2-6-11-8/h2-3,6H,10H2. The molecule has 1 heterocycles. The number of hydrogen-bond acceptors (Lipinski definition) is 3. The maximum atomic E-state index is 8.13. The summed E-state index contributed by atoms with van der Waals surface area (Å²) >= 11 is 0. The fourth-order valence-electron chi connectivity index (χ4n) is 0.609. The van der Waals surface area contributed by atoms with Crippen LogP contribution < -0.4 is 5.73 Å². The third-order valence-electron chi connectivity index (χ3n) is 1.08. The lowest BCUT2D eigenvalue weighted by atomic mass is 10.3. The number of rotatable bonds is 0. The highest BCUT2D eigenvalue weighted by Gasteiger charge is 1.91. The van der Waals surface area contributed by atoms with E-state index in [1.54, 1.807) is 24.4 Å². The highest BCUT2D eigenvalue weighted by atomic mass is 14.7. The van der Waals surface area contributed by atoms with Gasteiger partial charge in [0, 0.05) is 12.1 Å². The molecule has 0 aliphatic rings. The predicted octanol–water partition coefficient (Wildman–Crippen LogP) is 0.539. The number of nitrogens with two attached hydrogens (primary N) is 1. The molecule has 0 radical (unpaired) electrons. The Kier molecular flexibility index (Phi) is 2.09. The molecular weight excluding hydrogens is 138 g/mol. The zero-order valence-corrected chi connectivity index (χ0v) is 5.70. The summed E-state index contributed by atoms with van der Waals surface area (Å²) in [6.45, 7) is 0. The zero-order valence-electron chi connectivity index (χ0n) is 5.70. The van der Waals surface area contributed by atoms with Crippen LogP contribution in [0.25, 0.3) is 0 Å². The normalized spacial score (nSPS) is 7.55. The van der Waals surface area contributed by atoms with Crippen molar-refractivity contribution in [1.82, 2.24) is 4.98 Å². The number of nitriles is 1. The van der Waals surface area contributed by atoms with E-state index in [1.165, 1.54) is 0 Å². The molecule has 3 heteroatoms. The van der Waals surface area contributed by atoms with E-state index in [0.29, 0.717) is 11.4 Å². The first-order valence-electron chi connectivity index (χ1n) is 2.95. The molecule has 1 aromatic heterocycles. The van der Waals surface area contributed by atoms with Crippen LogP contribution in [0.15, 0.2) is 18.3 Å². The lowest BCUT2D eigenvalue weighted by molar-refractivity contribution is 1.29. The minimum atomic E-state index is 0.453. The maximum Gasteiger partial charge on any atom is 0.152 e. The summed E-state index contributed by atoms with van der Waals surface area (Å²) in [5.74, 6) is 4.73. The van der Waals surface area contributed by atoms with Gasteiger partial charge in [0.2, 0.25) is 0 Å².